The van der Waals surface area contributed by atoms with Crippen LogP contribution in [0.1, 0.15) is 35.8 Å². The minimum atomic E-state index is -0.133. The fourth-order valence-corrected chi connectivity index (χ4v) is 5.08. The summed E-state index contributed by atoms with van der Waals surface area (Å²) < 4.78 is 19.1. The number of hydrogen-bond donors (Lipinski definition) is 0. The number of aromatic nitrogens is 4. The zero-order chi connectivity index (χ0) is 24.0. The molecule has 0 unspecified atom stereocenters. The van der Waals surface area contributed by atoms with Gasteiger partial charge in [0.2, 0.25) is 0 Å². The van der Waals surface area contributed by atoms with E-state index in [0.717, 1.165) is 75.1 Å². The molecule has 1 aromatic heterocycles. The maximum atomic E-state index is 5.88. The van der Waals surface area contributed by atoms with Gasteiger partial charge in [0.05, 0.1) is 26.9 Å². The van der Waals surface area contributed by atoms with E-state index in [9.17, 15) is 0 Å². The van der Waals surface area contributed by atoms with Gasteiger partial charge in [-0.2, -0.15) is 0 Å². The maximum Gasteiger partial charge on any atom is 0.173 e. The summed E-state index contributed by atoms with van der Waals surface area (Å²) in [5.41, 5.74) is 2.38. The molecular weight excluding hydrogens is 444 g/mol. The number of piperazine rings is 1. The summed E-state index contributed by atoms with van der Waals surface area (Å²) in [5, 5.41) is 12.9. The zero-order valence-corrected chi connectivity index (χ0v) is 20.5. The van der Waals surface area contributed by atoms with Crippen LogP contribution in [0.2, 0.25) is 0 Å². The fourth-order valence-electron chi connectivity index (χ4n) is 5.08. The van der Waals surface area contributed by atoms with E-state index in [2.05, 4.69) is 61.7 Å². The molecule has 0 spiro atoms. The van der Waals surface area contributed by atoms with Crippen molar-refractivity contribution in [1.82, 2.24) is 30.0 Å². The van der Waals surface area contributed by atoms with Gasteiger partial charge in [-0.25, -0.2) is 4.68 Å². The van der Waals surface area contributed by atoms with Crippen LogP contribution in [0.25, 0.3) is 0 Å². The highest BCUT2D eigenvalue weighted by molar-refractivity contribution is 5.44. The summed E-state index contributed by atoms with van der Waals surface area (Å²) in [6, 6.07) is 16.5. The lowest BCUT2D eigenvalue weighted by Gasteiger charge is -2.39. The summed E-state index contributed by atoms with van der Waals surface area (Å²) in [5.74, 6) is 2.35. The minimum Gasteiger partial charge on any atom is -0.497 e. The number of methoxy groups -OCH3 is 2. The molecule has 0 amide bonds. The Morgan fingerprint density at radius 2 is 1.86 bits per heavy atom. The Balaban J connectivity index is 1.41. The molecule has 186 valence electrons. The van der Waals surface area contributed by atoms with E-state index in [4.69, 9.17) is 14.2 Å². The van der Waals surface area contributed by atoms with Crippen molar-refractivity contribution in [3.8, 4) is 11.5 Å². The molecular formula is C26H34N6O3. The molecule has 0 radical (unpaired) electrons. The average molecular weight is 479 g/mol. The highest BCUT2D eigenvalue weighted by Gasteiger charge is 2.33. The highest BCUT2D eigenvalue weighted by atomic mass is 16.5. The second-order valence-corrected chi connectivity index (χ2v) is 9.16. The highest BCUT2D eigenvalue weighted by Crippen LogP contribution is 2.36. The first-order valence-electron chi connectivity index (χ1n) is 12.3. The molecule has 35 heavy (non-hydrogen) atoms. The summed E-state index contributed by atoms with van der Waals surface area (Å²) >= 11 is 0. The van der Waals surface area contributed by atoms with E-state index in [1.54, 1.807) is 14.2 Å². The lowest BCUT2D eigenvalue weighted by Crippen LogP contribution is -2.48. The molecule has 0 bridgehead atoms. The summed E-state index contributed by atoms with van der Waals surface area (Å²) in [6.07, 6.45) is 2.27. The maximum absolute atomic E-state index is 5.88. The van der Waals surface area contributed by atoms with Gasteiger partial charge in [0, 0.05) is 51.0 Å². The van der Waals surface area contributed by atoms with Gasteiger partial charge in [-0.05, 0) is 41.0 Å². The van der Waals surface area contributed by atoms with Gasteiger partial charge in [0.25, 0.3) is 0 Å². The van der Waals surface area contributed by atoms with Gasteiger partial charge in [-0.3, -0.25) is 9.80 Å². The van der Waals surface area contributed by atoms with Gasteiger partial charge in [-0.15, -0.1) is 5.10 Å². The fraction of sp³-hybridized carbons (Fsp3) is 0.500. The van der Waals surface area contributed by atoms with Crippen LogP contribution in [0.5, 0.6) is 11.5 Å². The van der Waals surface area contributed by atoms with Crippen LogP contribution in [-0.4, -0.2) is 83.1 Å². The third-order valence-corrected chi connectivity index (χ3v) is 6.96. The second-order valence-electron chi connectivity index (χ2n) is 9.16. The van der Waals surface area contributed by atoms with Crippen LogP contribution >= 0.6 is 0 Å². The van der Waals surface area contributed by atoms with E-state index in [1.165, 1.54) is 5.56 Å². The van der Waals surface area contributed by atoms with Crippen LogP contribution in [0, 0.1) is 0 Å². The lowest BCUT2D eigenvalue weighted by molar-refractivity contribution is 0.0838. The number of benzene rings is 2. The van der Waals surface area contributed by atoms with Crippen molar-refractivity contribution in [1.29, 1.82) is 0 Å². The molecule has 0 aliphatic carbocycles. The average Bonchev–Trinajstić information content (AvgIpc) is 3.59. The van der Waals surface area contributed by atoms with Crippen LogP contribution in [-0.2, 0) is 17.8 Å². The number of hydrogen-bond acceptors (Lipinski definition) is 8. The molecule has 9 heteroatoms. The van der Waals surface area contributed by atoms with Crippen molar-refractivity contribution >= 4 is 0 Å². The quantitative estimate of drug-likeness (QED) is 0.465. The van der Waals surface area contributed by atoms with Gasteiger partial charge in [0.15, 0.2) is 5.82 Å². The third kappa shape index (κ3) is 5.47. The van der Waals surface area contributed by atoms with E-state index in [-0.39, 0.29) is 12.1 Å². The molecule has 2 atom stereocenters. The molecule has 2 aliphatic rings. The summed E-state index contributed by atoms with van der Waals surface area (Å²) in [4.78, 5) is 4.97. The molecule has 3 heterocycles. The number of nitrogens with zero attached hydrogens (tertiary/aromatic N) is 6. The van der Waals surface area contributed by atoms with Crippen LogP contribution in [0.3, 0.4) is 0 Å². The third-order valence-electron chi connectivity index (χ3n) is 6.96. The predicted molar refractivity (Wildman–Crippen MR) is 131 cm³/mol. The van der Waals surface area contributed by atoms with E-state index >= 15 is 0 Å². The van der Waals surface area contributed by atoms with Crippen LogP contribution < -0.4 is 9.47 Å². The first-order chi connectivity index (χ1) is 17.2. The van der Waals surface area contributed by atoms with Crippen molar-refractivity contribution in [2.45, 2.75) is 38.1 Å². The molecule has 3 aromatic rings. The lowest BCUT2D eigenvalue weighted by atomic mass is 10.0. The molecule has 0 N–H and O–H groups in total. The molecule has 2 saturated heterocycles. The molecule has 2 fully saturated rings. The SMILES string of the molecule is COc1ccc([C@H](c2nnnn2C[C@@H]2CCCO2)N2CCN(Cc3ccccc3)CC2)c(OC)c1. The van der Waals surface area contributed by atoms with E-state index < -0.39 is 0 Å². The van der Waals surface area contributed by atoms with Gasteiger partial charge in [-0.1, -0.05) is 30.3 Å². The Morgan fingerprint density at radius 3 is 2.57 bits per heavy atom. The first kappa shape index (κ1) is 23.7. The smallest absolute Gasteiger partial charge is 0.173 e. The normalized spacial score (nSPS) is 20.1. The van der Waals surface area contributed by atoms with E-state index in [0.29, 0.717) is 6.54 Å². The Bertz CT molecular complexity index is 1080. The van der Waals surface area contributed by atoms with Crippen molar-refractivity contribution < 1.29 is 14.2 Å². The Kier molecular flexibility index (Phi) is 7.56. The molecule has 9 nitrogen and oxygen atoms in total. The zero-order valence-electron chi connectivity index (χ0n) is 20.5. The van der Waals surface area contributed by atoms with Gasteiger partial charge in [0.1, 0.15) is 17.5 Å². The van der Waals surface area contributed by atoms with Gasteiger partial charge >= 0.3 is 0 Å². The summed E-state index contributed by atoms with van der Waals surface area (Å²) in [7, 11) is 3.36. The van der Waals surface area contributed by atoms with Crippen molar-refractivity contribution in [3.63, 3.8) is 0 Å². The standard InChI is InChI=1S/C26H34N6O3/c1-33-21-10-11-23(24(17-21)34-2)25(26-27-28-29-32(26)19-22-9-6-16-35-22)31-14-12-30(13-15-31)18-20-7-4-3-5-8-20/h3-5,7-8,10-11,17,22,25H,6,9,12-16,18-19H2,1-2H3/t22-,25+/m0/s1. The Morgan fingerprint density at radius 1 is 1.03 bits per heavy atom. The van der Waals surface area contributed by atoms with Crippen LogP contribution in [0.4, 0.5) is 0 Å². The number of ether oxygens (including phenoxy) is 3. The molecule has 0 saturated carbocycles. The van der Waals surface area contributed by atoms with E-state index in [1.807, 2.05) is 16.8 Å². The minimum absolute atomic E-state index is 0.133. The largest absolute Gasteiger partial charge is 0.497 e. The van der Waals surface area contributed by atoms with Gasteiger partial charge < -0.3 is 14.2 Å². The Labute approximate surface area is 206 Å². The molecule has 2 aliphatic heterocycles. The Hall–Kier alpha value is -3.01. The van der Waals surface area contributed by atoms with Crippen molar-refractivity contribution in [2.75, 3.05) is 47.0 Å². The predicted octanol–water partition coefficient (Wildman–Crippen LogP) is 2.78. The summed E-state index contributed by atoms with van der Waals surface area (Å²) in [6.45, 7) is 6.17. The number of rotatable bonds is 9. The van der Waals surface area contributed by atoms with Crippen LogP contribution in [0.15, 0.2) is 48.5 Å². The molecule has 2 aromatic carbocycles. The molecule has 5 rings (SSSR count). The van der Waals surface area contributed by atoms with Crippen molar-refractivity contribution in [3.05, 3.63) is 65.5 Å². The van der Waals surface area contributed by atoms with Crippen molar-refractivity contribution in [2.24, 2.45) is 0 Å². The second kappa shape index (κ2) is 11.2. The monoisotopic (exact) mass is 478 g/mol. The first-order valence-corrected chi connectivity index (χ1v) is 12.3. The topological polar surface area (TPSA) is 77.8 Å². The number of tetrazole rings is 1.